The number of hydrogen-bond acceptors (Lipinski definition) is 5. The maximum absolute atomic E-state index is 12.3. The minimum Gasteiger partial charge on any atom is -0.550 e. The number of carbonyl (C=O) groups excluding carboxylic acids is 3. The minimum atomic E-state index is -1.25. The summed E-state index contributed by atoms with van der Waals surface area (Å²) in [5.74, 6) is -4.68. The molecule has 3 rings (SSSR count). The Morgan fingerprint density at radius 1 is 1.12 bits per heavy atom. The van der Waals surface area contributed by atoms with Crippen molar-refractivity contribution in [2.24, 2.45) is 23.7 Å². The van der Waals surface area contributed by atoms with Crippen LogP contribution in [0.4, 0.5) is 0 Å². The largest absolute Gasteiger partial charge is 0.550 e. The van der Waals surface area contributed by atoms with Crippen LogP contribution in [0, 0.1) is 30.6 Å². The number of nitrogens with one attached hydrogen (secondary N) is 2. The predicted octanol–water partition coefficient (Wildman–Crippen LogP) is -0.350. The first-order valence-corrected chi connectivity index (χ1v) is 7.68. The van der Waals surface area contributed by atoms with Gasteiger partial charge in [0.25, 0.3) is 5.91 Å². The van der Waals surface area contributed by atoms with Crippen LogP contribution < -0.4 is 16.0 Å². The highest BCUT2D eigenvalue weighted by molar-refractivity contribution is 5.98. The van der Waals surface area contributed by atoms with E-state index in [0.29, 0.717) is 12.0 Å². The van der Waals surface area contributed by atoms with Crippen LogP contribution in [0.25, 0.3) is 0 Å². The molecule has 0 spiro atoms. The monoisotopic (exact) mass is 329 g/mol. The highest BCUT2D eigenvalue weighted by Gasteiger charge is 2.48. The third-order valence-electron chi connectivity index (χ3n) is 4.82. The van der Waals surface area contributed by atoms with E-state index in [-0.39, 0.29) is 23.1 Å². The number of fused-ring (bicyclic) bond motifs is 2. The molecule has 2 bridgehead atoms. The van der Waals surface area contributed by atoms with Gasteiger partial charge in [-0.1, -0.05) is 24.3 Å². The first-order valence-electron chi connectivity index (χ1n) is 7.68. The molecule has 0 aliphatic heterocycles. The smallest absolute Gasteiger partial charge is 0.273 e. The molecule has 24 heavy (non-hydrogen) atoms. The van der Waals surface area contributed by atoms with Gasteiger partial charge in [0.2, 0.25) is 5.91 Å². The topological polar surface area (TPSA) is 119 Å². The van der Waals surface area contributed by atoms with Crippen molar-refractivity contribution in [2.75, 3.05) is 0 Å². The van der Waals surface area contributed by atoms with Gasteiger partial charge in [0.1, 0.15) is 5.75 Å². The van der Waals surface area contributed by atoms with Gasteiger partial charge in [-0.05, 0) is 36.8 Å². The van der Waals surface area contributed by atoms with Crippen LogP contribution in [0.2, 0.25) is 0 Å². The number of hydrazine groups is 1. The standard InChI is InChI=1S/C17H18N2O5/c1-8-3-2-4-11(14(8)20)15(21)18-19-16(22)12-9-5-6-10(7-9)13(12)17(23)24/h2-6,9-10,12-13,20H,7H2,1H3,(H,18,21)(H,19,22)(H,23,24)/p-1/t9-,10+,12-,13+/m1/s1. The van der Waals surface area contributed by atoms with Crippen LogP contribution in [-0.2, 0) is 9.59 Å². The van der Waals surface area contributed by atoms with Gasteiger partial charge in [-0.15, -0.1) is 0 Å². The second-order valence-corrected chi connectivity index (χ2v) is 6.23. The van der Waals surface area contributed by atoms with Crippen LogP contribution in [-0.4, -0.2) is 22.9 Å². The van der Waals surface area contributed by atoms with Crippen molar-refractivity contribution in [1.29, 1.82) is 0 Å². The highest BCUT2D eigenvalue weighted by atomic mass is 16.4. The number of benzene rings is 1. The summed E-state index contributed by atoms with van der Waals surface area (Å²) >= 11 is 0. The Bertz CT molecular complexity index is 742. The molecule has 1 saturated carbocycles. The fourth-order valence-electron chi connectivity index (χ4n) is 3.61. The Kier molecular flexibility index (Phi) is 4.01. The molecule has 7 heteroatoms. The molecule has 0 radical (unpaired) electrons. The molecule has 0 heterocycles. The molecular formula is C17H17N2O5-. The predicted molar refractivity (Wildman–Crippen MR) is 81.2 cm³/mol. The molecule has 2 aliphatic carbocycles. The molecule has 1 fully saturated rings. The number of hydrogen-bond donors (Lipinski definition) is 3. The number of allylic oxidation sites excluding steroid dienone is 2. The summed E-state index contributed by atoms with van der Waals surface area (Å²) in [5, 5.41) is 21.2. The maximum atomic E-state index is 12.3. The number of aryl methyl sites for hydroxylation is 1. The number of carboxylic acids is 1. The van der Waals surface area contributed by atoms with E-state index < -0.39 is 29.6 Å². The lowest BCUT2D eigenvalue weighted by Crippen LogP contribution is -2.50. The first kappa shape index (κ1) is 16.0. The normalized spacial score (nSPS) is 27.0. The summed E-state index contributed by atoms with van der Waals surface area (Å²) in [7, 11) is 0. The molecule has 7 nitrogen and oxygen atoms in total. The van der Waals surface area contributed by atoms with Crippen LogP contribution in [0.5, 0.6) is 5.75 Å². The number of para-hydroxylation sites is 1. The van der Waals surface area contributed by atoms with Crippen molar-refractivity contribution >= 4 is 17.8 Å². The fraction of sp³-hybridized carbons (Fsp3) is 0.353. The number of aliphatic carboxylic acids is 1. The van der Waals surface area contributed by atoms with Crippen molar-refractivity contribution in [3.63, 3.8) is 0 Å². The Morgan fingerprint density at radius 3 is 2.46 bits per heavy atom. The molecule has 1 aromatic carbocycles. The zero-order valence-electron chi connectivity index (χ0n) is 13.0. The molecule has 1 aromatic rings. The van der Waals surface area contributed by atoms with Crippen molar-refractivity contribution in [3.8, 4) is 5.75 Å². The van der Waals surface area contributed by atoms with Gasteiger partial charge in [-0.3, -0.25) is 20.4 Å². The van der Waals surface area contributed by atoms with E-state index in [9.17, 15) is 24.6 Å². The number of phenols is 1. The van der Waals surface area contributed by atoms with Gasteiger partial charge in [-0.2, -0.15) is 0 Å². The Morgan fingerprint density at radius 2 is 1.79 bits per heavy atom. The van der Waals surface area contributed by atoms with Crippen LogP contribution in [0.15, 0.2) is 30.4 Å². The number of carboxylic acid groups (broad SMARTS) is 1. The summed E-state index contributed by atoms with van der Waals surface area (Å²) < 4.78 is 0. The van der Waals surface area contributed by atoms with Crippen molar-refractivity contribution in [2.45, 2.75) is 13.3 Å². The molecule has 126 valence electrons. The lowest BCUT2D eigenvalue weighted by Gasteiger charge is -2.27. The SMILES string of the molecule is Cc1cccc(C(=O)NNC(=O)[C@H]2[C@@H](C(=O)[O-])[C@H]3C=C[C@@H]2C3)c1O. The zero-order chi connectivity index (χ0) is 17.4. The van der Waals surface area contributed by atoms with E-state index in [1.165, 1.54) is 6.07 Å². The third-order valence-corrected chi connectivity index (χ3v) is 4.82. The Labute approximate surface area is 138 Å². The first-order chi connectivity index (χ1) is 11.4. The second kappa shape index (κ2) is 5.99. The summed E-state index contributed by atoms with van der Waals surface area (Å²) in [6, 6.07) is 4.68. The number of rotatable bonds is 3. The van der Waals surface area contributed by atoms with E-state index in [4.69, 9.17) is 0 Å². The van der Waals surface area contributed by atoms with Crippen LogP contribution in [0.1, 0.15) is 22.3 Å². The lowest BCUT2D eigenvalue weighted by atomic mass is 9.82. The second-order valence-electron chi connectivity index (χ2n) is 6.23. The average Bonchev–Trinajstić information content (AvgIpc) is 3.15. The summed E-state index contributed by atoms with van der Waals surface area (Å²) in [6.07, 6.45) is 4.24. The number of aromatic hydroxyl groups is 1. The van der Waals surface area contributed by atoms with E-state index in [1.807, 2.05) is 6.08 Å². The summed E-state index contributed by atoms with van der Waals surface area (Å²) in [5.41, 5.74) is 5.05. The minimum absolute atomic E-state index is 0.0274. The van der Waals surface area contributed by atoms with Crippen LogP contribution in [0.3, 0.4) is 0 Å². The number of carbonyl (C=O) groups is 3. The summed E-state index contributed by atoms with van der Waals surface area (Å²) in [6.45, 7) is 1.65. The van der Waals surface area contributed by atoms with Gasteiger partial charge in [0.05, 0.1) is 11.5 Å². The highest BCUT2D eigenvalue weighted by Crippen LogP contribution is 2.47. The summed E-state index contributed by atoms with van der Waals surface area (Å²) in [4.78, 5) is 35.7. The van der Waals surface area contributed by atoms with Crippen molar-refractivity contribution in [1.82, 2.24) is 10.9 Å². The van der Waals surface area contributed by atoms with E-state index >= 15 is 0 Å². The molecule has 0 aromatic heterocycles. The van der Waals surface area contributed by atoms with Gasteiger partial charge >= 0.3 is 0 Å². The van der Waals surface area contributed by atoms with Crippen molar-refractivity contribution < 1.29 is 24.6 Å². The molecule has 3 N–H and O–H groups in total. The van der Waals surface area contributed by atoms with Gasteiger partial charge in [0.15, 0.2) is 0 Å². The molecule has 4 atom stereocenters. The van der Waals surface area contributed by atoms with Gasteiger partial charge < -0.3 is 15.0 Å². The lowest BCUT2D eigenvalue weighted by molar-refractivity contribution is -0.313. The van der Waals surface area contributed by atoms with Crippen LogP contribution >= 0.6 is 0 Å². The Hall–Kier alpha value is -2.83. The fourth-order valence-corrected chi connectivity index (χ4v) is 3.61. The van der Waals surface area contributed by atoms with Crippen molar-refractivity contribution in [3.05, 3.63) is 41.5 Å². The number of amides is 2. The Balaban J connectivity index is 1.67. The van der Waals surface area contributed by atoms with Gasteiger partial charge in [0, 0.05) is 11.9 Å². The molecule has 0 unspecified atom stereocenters. The molecule has 0 saturated heterocycles. The third kappa shape index (κ3) is 2.62. The molecule has 2 amide bonds. The maximum Gasteiger partial charge on any atom is 0.273 e. The van der Waals surface area contributed by atoms with E-state index in [2.05, 4.69) is 10.9 Å². The van der Waals surface area contributed by atoms with Gasteiger partial charge in [-0.25, -0.2) is 0 Å². The quantitative estimate of drug-likeness (QED) is 0.517. The van der Waals surface area contributed by atoms with E-state index in [0.717, 1.165) is 0 Å². The zero-order valence-corrected chi connectivity index (χ0v) is 13.0. The molecule has 2 aliphatic rings. The number of phenolic OH excluding ortho intramolecular Hbond substituents is 1. The van der Waals surface area contributed by atoms with E-state index in [1.54, 1.807) is 25.1 Å². The average molecular weight is 329 g/mol. The molecular weight excluding hydrogens is 312 g/mol.